The van der Waals surface area contributed by atoms with Gasteiger partial charge >= 0.3 is 0 Å². The number of benzene rings is 8. The van der Waals surface area contributed by atoms with Crippen LogP contribution in [0.3, 0.4) is 0 Å². The number of nitrogens with zero attached hydrogens (tertiary/aromatic N) is 3. The van der Waals surface area contributed by atoms with Gasteiger partial charge in [-0.2, -0.15) is 0 Å². The third-order valence-electron chi connectivity index (χ3n) is 10.1. The van der Waals surface area contributed by atoms with Gasteiger partial charge < -0.3 is 4.42 Å². The fraction of sp³-hybridized carbons (Fsp3) is 0. The van der Waals surface area contributed by atoms with Gasteiger partial charge in [-0.25, -0.2) is 15.0 Å². The lowest BCUT2D eigenvalue weighted by Gasteiger charge is -2.19. The van der Waals surface area contributed by atoms with E-state index < -0.39 is 0 Å². The van der Waals surface area contributed by atoms with E-state index >= 15 is 0 Å². The van der Waals surface area contributed by atoms with Gasteiger partial charge in [0, 0.05) is 27.5 Å². The van der Waals surface area contributed by atoms with Crippen LogP contribution in [0.2, 0.25) is 0 Å². The molecule has 0 unspecified atom stereocenters. The molecule has 0 atom stereocenters. The van der Waals surface area contributed by atoms with Gasteiger partial charge in [-0.15, -0.1) is 0 Å². The van der Waals surface area contributed by atoms with Crippen LogP contribution in [0.15, 0.2) is 205 Å². The van der Waals surface area contributed by atoms with Gasteiger partial charge in [-0.05, 0) is 80.9 Å². The molecule has 0 amide bonds. The van der Waals surface area contributed by atoms with E-state index in [9.17, 15) is 0 Å². The summed E-state index contributed by atoms with van der Waals surface area (Å²) >= 11 is 0. The molecule has 2 heterocycles. The summed E-state index contributed by atoms with van der Waals surface area (Å²) in [5.74, 6) is 1.89. The monoisotopic (exact) mass is 703 g/mol. The van der Waals surface area contributed by atoms with Crippen molar-refractivity contribution in [2.45, 2.75) is 0 Å². The molecule has 0 aliphatic heterocycles. The van der Waals surface area contributed by atoms with Crippen molar-refractivity contribution in [1.29, 1.82) is 0 Å². The van der Waals surface area contributed by atoms with Crippen molar-refractivity contribution in [2.24, 2.45) is 0 Å². The van der Waals surface area contributed by atoms with E-state index in [1.54, 1.807) is 0 Å². The second-order valence-corrected chi connectivity index (χ2v) is 13.6. The van der Waals surface area contributed by atoms with Crippen molar-refractivity contribution in [2.75, 3.05) is 0 Å². The number of aromatic nitrogens is 3. The first kappa shape index (κ1) is 32.2. The molecule has 0 saturated heterocycles. The number of para-hydroxylation sites is 1. The Labute approximate surface area is 319 Å². The fourth-order valence-corrected chi connectivity index (χ4v) is 7.47. The average Bonchev–Trinajstić information content (AvgIpc) is 3.65. The zero-order valence-corrected chi connectivity index (χ0v) is 29.8. The topological polar surface area (TPSA) is 51.8 Å². The Morgan fingerprint density at radius 3 is 1.35 bits per heavy atom. The summed E-state index contributed by atoms with van der Waals surface area (Å²) in [4.78, 5) is 15.1. The summed E-state index contributed by atoms with van der Waals surface area (Å²) in [6.45, 7) is 0. The average molecular weight is 704 g/mol. The number of hydrogen-bond acceptors (Lipinski definition) is 4. The lowest BCUT2D eigenvalue weighted by Crippen LogP contribution is -2.00. The molecule has 0 radical (unpaired) electrons. The standard InChI is InChI=1S/C51H33N3O/c1-5-16-34(17-6-1)41-32-43(48(35-18-7-2-8-19-35)44(33-41)39-28-29-47-45(31-39)42-26-13-14-27-46(42)55-47)38-24-15-25-40(30-38)51-53-49(36-20-9-3-10-21-36)52-50(54-51)37-22-11-4-12-23-37/h1-33H. The maximum absolute atomic E-state index is 6.26. The van der Waals surface area contributed by atoms with Crippen molar-refractivity contribution in [3.8, 4) is 78.7 Å². The Bertz CT molecular complexity index is 2900. The molecule has 8 aromatic carbocycles. The minimum absolute atomic E-state index is 0.618. The summed E-state index contributed by atoms with van der Waals surface area (Å²) in [6.07, 6.45) is 0. The van der Waals surface area contributed by atoms with Crippen LogP contribution in [0, 0.1) is 0 Å². The van der Waals surface area contributed by atoms with Crippen LogP contribution in [0.25, 0.3) is 101 Å². The Hall–Kier alpha value is -7.43. The summed E-state index contributed by atoms with van der Waals surface area (Å²) in [5, 5.41) is 2.20. The first-order chi connectivity index (χ1) is 27.2. The highest BCUT2D eigenvalue weighted by molar-refractivity contribution is 6.07. The second-order valence-electron chi connectivity index (χ2n) is 13.6. The minimum atomic E-state index is 0.618. The Morgan fingerprint density at radius 2 is 0.727 bits per heavy atom. The van der Waals surface area contributed by atoms with E-state index in [-0.39, 0.29) is 0 Å². The molecule has 0 bridgehead atoms. The van der Waals surface area contributed by atoms with E-state index in [1.165, 1.54) is 0 Å². The number of furan rings is 1. The first-order valence-corrected chi connectivity index (χ1v) is 18.4. The molecule has 0 saturated carbocycles. The van der Waals surface area contributed by atoms with Crippen LogP contribution in [0.5, 0.6) is 0 Å². The molecule has 4 heteroatoms. The van der Waals surface area contributed by atoms with Gasteiger partial charge in [0.25, 0.3) is 0 Å². The van der Waals surface area contributed by atoms with Crippen LogP contribution in [-0.4, -0.2) is 15.0 Å². The Morgan fingerprint density at radius 1 is 0.273 bits per heavy atom. The van der Waals surface area contributed by atoms with E-state index in [0.29, 0.717) is 17.5 Å². The number of rotatable bonds is 7. The molecule has 0 aliphatic carbocycles. The van der Waals surface area contributed by atoms with Gasteiger partial charge in [0.2, 0.25) is 0 Å². The zero-order valence-electron chi connectivity index (χ0n) is 29.8. The van der Waals surface area contributed by atoms with Crippen LogP contribution >= 0.6 is 0 Å². The lowest BCUT2D eigenvalue weighted by molar-refractivity contribution is 0.669. The second kappa shape index (κ2) is 13.8. The highest BCUT2D eigenvalue weighted by Crippen LogP contribution is 2.45. The highest BCUT2D eigenvalue weighted by Gasteiger charge is 2.20. The summed E-state index contributed by atoms with van der Waals surface area (Å²) in [6, 6.07) is 69.6. The molecule has 2 aromatic heterocycles. The molecule has 0 N–H and O–H groups in total. The molecular formula is C51H33N3O. The van der Waals surface area contributed by atoms with Crippen LogP contribution in [0.1, 0.15) is 0 Å². The molecule has 0 spiro atoms. The van der Waals surface area contributed by atoms with Crippen LogP contribution in [0.4, 0.5) is 0 Å². The van der Waals surface area contributed by atoms with Gasteiger partial charge in [-0.3, -0.25) is 0 Å². The predicted octanol–water partition coefficient (Wildman–Crippen LogP) is 13.4. The summed E-state index contributed by atoms with van der Waals surface area (Å²) < 4.78 is 6.26. The van der Waals surface area contributed by atoms with Crippen LogP contribution < -0.4 is 0 Å². The van der Waals surface area contributed by atoms with Crippen molar-refractivity contribution in [1.82, 2.24) is 15.0 Å². The Balaban J connectivity index is 1.22. The fourth-order valence-electron chi connectivity index (χ4n) is 7.47. The molecule has 4 nitrogen and oxygen atoms in total. The lowest BCUT2D eigenvalue weighted by atomic mass is 9.84. The smallest absolute Gasteiger partial charge is 0.164 e. The maximum atomic E-state index is 6.26. The van der Waals surface area contributed by atoms with E-state index in [0.717, 1.165) is 83.1 Å². The highest BCUT2D eigenvalue weighted by atomic mass is 16.3. The molecule has 10 aromatic rings. The van der Waals surface area contributed by atoms with Gasteiger partial charge in [0.05, 0.1) is 0 Å². The van der Waals surface area contributed by atoms with Crippen molar-refractivity contribution >= 4 is 21.9 Å². The van der Waals surface area contributed by atoms with E-state index in [2.05, 4.69) is 127 Å². The zero-order chi connectivity index (χ0) is 36.6. The van der Waals surface area contributed by atoms with Crippen molar-refractivity contribution < 1.29 is 4.42 Å². The van der Waals surface area contributed by atoms with Gasteiger partial charge in [-0.1, -0.05) is 164 Å². The van der Waals surface area contributed by atoms with E-state index in [4.69, 9.17) is 19.4 Å². The maximum Gasteiger partial charge on any atom is 0.164 e. The normalized spacial score (nSPS) is 11.3. The largest absolute Gasteiger partial charge is 0.456 e. The summed E-state index contributed by atoms with van der Waals surface area (Å²) in [5.41, 5.74) is 13.5. The molecule has 10 rings (SSSR count). The summed E-state index contributed by atoms with van der Waals surface area (Å²) in [7, 11) is 0. The van der Waals surface area contributed by atoms with Crippen molar-refractivity contribution in [3.63, 3.8) is 0 Å². The Kier molecular flexibility index (Phi) is 8.12. The van der Waals surface area contributed by atoms with Crippen molar-refractivity contribution in [3.05, 3.63) is 200 Å². The predicted molar refractivity (Wildman–Crippen MR) is 225 cm³/mol. The van der Waals surface area contributed by atoms with E-state index in [1.807, 2.05) is 72.8 Å². The molecule has 55 heavy (non-hydrogen) atoms. The number of hydrogen-bond donors (Lipinski definition) is 0. The van der Waals surface area contributed by atoms with Gasteiger partial charge in [0.1, 0.15) is 11.2 Å². The molecule has 0 fully saturated rings. The molecule has 0 aliphatic rings. The van der Waals surface area contributed by atoms with Crippen LogP contribution in [-0.2, 0) is 0 Å². The first-order valence-electron chi connectivity index (χ1n) is 18.4. The third kappa shape index (κ3) is 6.16. The molecule has 258 valence electrons. The quantitative estimate of drug-likeness (QED) is 0.166. The SMILES string of the molecule is c1ccc(-c2cc(-c3cccc(-c4nc(-c5ccccc5)nc(-c5ccccc5)n4)c3)c(-c3ccccc3)c(-c3ccc4oc5ccccc5c4c3)c2)cc1. The molecular weight excluding hydrogens is 671 g/mol. The minimum Gasteiger partial charge on any atom is -0.456 e. The third-order valence-corrected chi connectivity index (χ3v) is 10.1. The van der Waals surface area contributed by atoms with Gasteiger partial charge in [0.15, 0.2) is 17.5 Å². The number of fused-ring (bicyclic) bond motifs is 3.